The number of carbonyl (C=O) groups is 1. The summed E-state index contributed by atoms with van der Waals surface area (Å²) in [6, 6.07) is 18.0. The minimum absolute atomic E-state index is 0.0778. The molecule has 0 saturated carbocycles. The molecule has 1 atom stereocenters. The van der Waals surface area contributed by atoms with E-state index in [1.165, 1.54) is 29.8 Å². The Kier molecular flexibility index (Phi) is 6.63. The monoisotopic (exact) mass is 434 g/mol. The zero-order valence-corrected chi connectivity index (χ0v) is 18.4. The van der Waals surface area contributed by atoms with Crippen molar-refractivity contribution >= 4 is 11.7 Å². The number of hydrogen-bond donors (Lipinski definition) is 0. The summed E-state index contributed by atoms with van der Waals surface area (Å²) in [5, 5.41) is 8.80. The maximum atomic E-state index is 13.0. The highest BCUT2D eigenvalue weighted by Gasteiger charge is 2.26. The van der Waals surface area contributed by atoms with Gasteiger partial charge >= 0.3 is 0 Å². The van der Waals surface area contributed by atoms with E-state index in [1.807, 2.05) is 12.1 Å². The first-order valence-corrected chi connectivity index (χ1v) is 10.9. The molecule has 7 heteroatoms. The lowest BCUT2D eigenvalue weighted by Gasteiger charge is -2.36. The molecule has 0 radical (unpaired) electrons. The van der Waals surface area contributed by atoms with E-state index in [0.717, 1.165) is 23.5 Å². The quantitative estimate of drug-likeness (QED) is 0.588. The molecule has 166 valence electrons. The predicted molar refractivity (Wildman–Crippen MR) is 122 cm³/mol. The zero-order chi connectivity index (χ0) is 22.5. The number of benzene rings is 2. The van der Waals surface area contributed by atoms with Crippen LogP contribution in [-0.4, -0.2) is 53.3 Å². The first kappa shape index (κ1) is 21.7. The molecular formula is C25H27FN4O2. The molecule has 1 unspecified atom stereocenters. The number of aryl methyl sites for hydroxylation is 1. The maximum Gasteiger partial charge on any atom is 0.263 e. The van der Waals surface area contributed by atoms with E-state index in [-0.39, 0.29) is 11.7 Å². The third kappa shape index (κ3) is 5.04. The molecule has 3 aromatic rings. The number of ether oxygens (including phenoxy) is 1. The van der Waals surface area contributed by atoms with Crippen molar-refractivity contribution in [3.8, 4) is 17.0 Å². The Labute approximate surface area is 187 Å². The first-order valence-electron chi connectivity index (χ1n) is 10.9. The van der Waals surface area contributed by atoms with Gasteiger partial charge in [-0.15, -0.1) is 10.2 Å². The van der Waals surface area contributed by atoms with Crippen molar-refractivity contribution in [2.75, 3.05) is 31.1 Å². The molecular weight excluding hydrogens is 407 g/mol. The van der Waals surface area contributed by atoms with Gasteiger partial charge < -0.3 is 14.5 Å². The standard InChI is InChI=1S/C25H27FN4O2/c1-3-19-4-6-20(7-5-19)23-12-13-24(28-27-23)29-14-16-30(17-15-29)25(31)18(2)32-22-10-8-21(26)9-11-22/h4-13,18H,3,14-17H2,1-2H3. The third-order valence-electron chi connectivity index (χ3n) is 5.70. The summed E-state index contributed by atoms with van der Waals surface area (Å²) in [7, 11) is 0. The van der Waals surface area contributed by atoms with Crippen molar-refractivity contribution in [1.29, 1.82) is 0 Å². The van der Waals surface area contributed by atoms with Crippen molar-refractivity contribution in [1.82, 2.24) is 15.1 Å². The number of aromatic nitrogens is 2. The summed E-state index contributed by atoms with van der Waals surface area (Å²) >= 11 is 0. The topological polar surface area (TPSA) is 58.6 Å². The molecule has 0 bridgehead atoms. The molecule has 0 spiro atoms. The van der Waals surface area contributed by atoms with Gasteiger partial charge in [0.25, 0.3) is 5.91 Å². The third-order valence-corrected chi connectivity index (χ3v) is 5.70. The van der Waals surface area contributed by atoms with E-state index in [0.29, 0.717) is 31.9 Å². The molecule has 32 heavy (non-hydrogen) atoms. The number of amides is 1. The molecule has 2 aromatic carbocycles. The molecule has 0 N–H and O–H groups in total. The summed E-state index contributed by atoms with van der Waals surface area (Å²) in [5.41, 5.74) is 3.19. The van der Waals surface area contributed by atoms with Crippen LogP contribution >= 0.6 is 0 Å². The summed E-state index contributed by atoms with van der Waals surface area (Å²) < 4.78 is 18.7. The normalized spacial score (nSPS) is 14.8. The van der Waals surface area contributed by atoms with E-state index >= 15 is 0 Å². The molecule has 0 aliphatic carbocycles. The Hall–Kier alpha value is -3.48. The van der Waals surface area contributed by atoms with Crippen LogP contribution < -0.4 is 9.64 Å². The second kappa shape index (κ2) is 9.77. The van der Waals surface area contributed by atoms with Gasteiger partial charge in [0.1, 0.15) is 11.6 Å². The fourth-order valence-electron chi connectivity index (χ4n) is 3.74. The van der Waals surface area contributed by atoms with Crippen LogP contribution in [0.2, 0.25) is 0 Å². The van der Waals surface area contributed by atoms with Crippen LogP contribution in [0.1, 0.15) is 19.4 Å². The Bertz CT molecular complexity index is 1030. The summed E-state index contributed by atoms with van der Waals surface area (Å²) in [4.78, 5) is 16.7. The fourth-order valence-corrected chi connectivity index (χ4v) is 3.74. The number of piperazine rings is 1. The lowest BCUT2D eigenvalue weighted by molar-refractivity contribution is -0.138. The van der Waals surface area contributed by atoms with Crippen molar-refractivity contribution in [2.24, 2.45) is 0 Å². The van der Waals surface area contributed by atoms with Gasteiger partial charge in [-0.3, -0.25) is 4.79 Å². The van der Waals surface area contributed by atoms with Crippen LogP contribution in [0.3, 0.4) is 0 Å². The van der Waals surface area contributed by atoms with Gasteiger partial charge in [-0.2, -0.15) is 0 Å². The second-order valence-corrected chi connectivity index (χ2v) is 7.85. The Morgan fingerprint density at radius 1 is 0.969 bits per heavy atom. The molecule has 1 saturated heterocycles. The van der Waals surface area contributed by atoms with Gasteiger partial charge in [0, 0.05) is 31.7 Å². The van der Waals surface area contributed by atoms with Gasteiger partial charge in [0.15, 0.2) is 11.9 Å². The predicted octanol–water partition coefficient (Wildman–Crippen LogP) is 3.96. The summed E-state index contributed by atoms with van der Waals surface area (Å²) in [6.07, 6.45) is 0.376. The lowest BCUT2D eigenvalue weighted by Crippen LogP contribution is -2.52. The molecule has 1 aromatic heterocycles. The summed E-state index contributed by atoms with van der Waals surface area (Å²) in [6.45, 7) is 6.36. The smallest absolute Gasteiger partial charge is 0.263 e. The SMILES string of the molecule is CCc1ccc(-c2ccc(N3CCN(C(=O)C(C)Oc4ccc(F)cc4)CC3)nn2)cc1. The van der Waals surface area contributed by atoms with Gasteiger partial charge in [-0.1, -0.05) is 31.2 Å². The molecule has 6 nitrogen and oxygen atoms in total. The van der Waals surface area contributed by atoms with E-state index in [4.69, 9.17) is 4.74 Å². The van der Waals surface area contributed by atoms with Crippen LogP contribution in [0.15, 0.2) is 60.7 Å². The van der Waals surface area contributed by atoms with E-state index < -0.39 is 6.10 Å². The van der Waals surface area contributed by atoms with E-state index in [2.05, 4.69) is 46.3 Å². The maximum absolute atomic E-state index is 13.0. The average molecular weight is 435 g/mol. The number of nitrogens with zero attached hydrogens (tertiary/aromatic N) is 4. The highest BCUT2D eigenvalue weighted by atomic mass is 19.1. The van der Waals surface area contributed by atoms with E-state index in [9.17, 15) is 9.18 Å². The van der Waals surface area contributed by atoms with Crippen LogP contribution in [-0.2, 0) is 11.2 Å². The van der Waals surface area contributed by atoms with Crippen LogP contribution in [0.4, 0.5) is 10.2 Å². The lowest BCUT2D eigenvalue weighted by atomic mass is 10.1. The van der Waals surface area contributed by atoms with Crippen molar-refractivity contribution < 1.29 is 13.9 Å². The Balaban J connectivity index is 1.31. The van der Waals surface area contributed by atoms with Crippen molar-refractivity contribution in [2.45, 2.75) is 26.4 Å². The largest absolute Gasteiger partial charge is 0.481 e. The van der Waals surface area contributed by atoms with Crippen molar-refractivity contribution in [3.63, 3.8) is 0 Å². The van der Waals surface area contributed by atoms with Gasteiger partial charge in [0.05, 0.1) is 5.69 Å². The number of halogens is 1. The molecule has 2 heterocycles. The molecule has 1 aliphatic heterocycles. The van der Waals surface area contributed by atoms with Gasteiger partial charge in [0.2, 0.25) is 0 Å². The molecule has 1 fully saturated rings. The Morgan fingerprint density at radius 2 is 1.66 bits per heavy atom. The van der Waals surface area contributed by atoms with Crippen LogP contribution in [0.25, 0.3) is 11.3 Å². The number of anilines is 1. The Morgan fingerprint density at radius 3 is 2.25 bits per heavy atom. The zero-order valence-electron chi connectivity index (χ0n) is 18.4. The van der Waals surface area contributed by atoms with E-state index in [1.54, 1.807) is 11.8 Å². The molecule has 1 amide bonds. The highest BCUT2D eigenvalue weighted by Crippen LogP contribution is 2.21. The first-order chi connectivity index (χ1) is 15.5. The van der Waals surface area contributed by atoms with Gasteiger partial charge in [-0.25, -0.2) is 4.39 Å². The number of rotatable bonds is 6. The second-order valence-electron chi connectivity index (χ2n) is 7.85. The number of hydrogen-bond acceptors (Lipinski definition) is 5. The van der Waals surface area contributed by atoms with Crippen LogP contribution in [0.5, 0.6) is 5.75 Å². The van der Waals surface area contributed by atoms with Crippen molar-refractivity contribution in [3.05, 3.63) is 72.0 Å². The number of carbonyl (C=O) groups excluding carboxylic acids is 1. The molecule has 1 aliphatic rings. The average Bonchev–Trinajstić information content (AvgIpc) is 2.85. The highest BCUT2D eigenvalue weighted by molar-refractivity contribution is 5.81. The summed E-state index contributed by atoms with van der Waals surface area (Å²) in [5.74, 6) is 0.871. The minimum Gasteiger partial charge on any atom is -0.481 e. The van der Waals surface area contributed by atoms with Gasteiger partial charge in [-0.05, 0) is 55.3 Å². The fraction of sp³-hybridized carbons (Fsp3) is 0.320. The molecule has 4 rings (SSSR count). The van der Waals surface area contributed by atoms with Crippen LogP contribution in [0, 0.1) is 5.82 Å². The minimum atomic E-state index is -0.634.